The molecular weight excluding hydrogens is 300 g/mol. The first-order chi connectivity index (χ1) is 11.6. The number of aromatic nitrogens is 1. The predicted octanol–water partition coefficient (Wildman–Crippen LogP) is 4.43. The van der Waals surface area contributed by atoms with E-state index in [1.165, 1.54) is 0 Å². The van der Waals surface area contributed by atoms with Gasteiger partial charge in [0.1, 0.15) is 5.58 Å². The molecule has 0 saturated heterocycles. The lowest BCUT2D eigenvalue weighted by molar-refractivity contribution is 0.564. The number of nitrogens with zero attached hydrogens (tertiary/aromatic N) is 1. The number of aromatic amines is 1. The van der Waals surface area contributed by atoms with Crippen LogP contribution in [0.3, 0.4) is 0 Å². The zero-order chi connectivity index (χ0) is 16.8. The highest BCUT2D eigenvalue weighted by Gasteiger charge is 2.11. The first-order valence-electron chi connectivity index (χ1n) is 7.64. The van der Waals surface area contributed by atoms with Gasteiger partial charge in [-0.2, -0.15) is 5.26 Å². The minimum atomic E-state index is -0.378. The van der Waals surface area contributed by atoms with Gasteiger partial charge >= 0.3 is 5.63 Å². The van der Waals surface area contributed by atoms with Crippen molar-refractivity contribution in [3.63, 3.8) is 0 Å². The van der Waals surface area contributed by atoms with Crippen LogP contribution in [0.25, 0.3) is 33.0 Å². The zero-order valence-corrected chi connectivity index (χ0v) is 13.3. The molecule has 0 saturated carbocycles. The monoisotopic (exact) mass is 314 g/mol. The van der Waals surface area contributed by atoms with Gasteiger partial charge in [-0.25, -0.2) is 4.79 Å². The van der Waals surface area contributed by atoms with Crippen LogP contribution in [0.2, 0.25) is 0 Å². The third-order valence-corrected chi connectivity index (χ3v) is 4.49. The molecule has 0 aliphatic rings. The standard InChI is InChI=1S/C20H14N2O2/c1-11-12(2)22-18-8-15-7-17(14-5-3-13(10-21)4-6-14)20(23)24-19(15)9-16(11)18/h3-9,22H,1-2H3. The first-order valence-corrected chi connectivity index (χ1v) is 7.64. The van der Waals surface area contributed by atoms with Gasteiger partial charge in [-0.15, -0.1) is 0 Å². The number of benzene rings is 2. The summed E-state index contributed by atoms with van der Waals surface area (Å²) in [4.78, 5) is 15.7. The molecular formula is C20H14N2O2. The minimum absolute atomic E-state index is 0.378. The van der Waals surface area contributed by atoms with Crippen LogP contribution < -0.4 is 5.63 Å². The molecule has 0 aliphatic heterocycles. The lowest BCUT2D eigenvalue weighted by Crippen LogP contribution is -2.02. The second kappa shape index (κ2) is 5.10. The molecule has 0 bridgehead atoms. The van der Waals surface area contributed by atoms with E-state index in [1.807, 2.05) is 32.0 Å². The summed E-state index contributed by atoms with van der Waals surface area (Å²) in [6.45, 7) is 4.07. The second-order valence-corrected chi connectivity index (χ2v) is 5.95. The number of fused-ring (bicyclic) bond motifs is 2. The fourth-order valence-electron chi connectivity index (χ4n) is 3.00. The van der Waals surface area contributed by atoms with E-state index in [1.54, 1.807) is 24.3 Å². The Morgan fingerprint density at radius 2 is 1.83 bits per heavy atom. The molecule has 116 valence electrons. The highest BCUT2D eigenvalue weighted by Crippen LogP contribution is 2.28. The van der Waals surface area contributed by atoms with Crippen molar-refractivity contribution in [3.05, 3.63) is 69.7 Å². The number of rotatable bonds is 1. The van der Waals surface area contributed by atoms with Crippen molar-refractivity contribution in [1.29, 1.82) is 5.26 Å². The number of hydrogen-bond donors (Lipinski definition) is 1. The number of nitriles is 1. The Hall–Kier alpha value is -3.32. The molecule has 2 heterocycles. The van der Waals surface area contributed by atoms with Crippen LogP contribution in [-0.4, -0.2) is 4.98 Å². The highest BCUT2D eigenvalue weighted by molar-refractivity contribution is 5.97. The molecule has 0 aliphatic carbocycles. The third-order valence-electron chi connectivity index (χ3n) is 4.49. The summed E-state index contributed by atoms with van der Waals surface area (Å²) in [6.07, 6.45) is 0. The van der Waals surface area contributed by atoms with Gasteiger partial charge in [0, 0.05) is 22.0 Å². The van der Waals surface area contributed by atoms with Gasteiger partial charge in [-0.3, -0.25) is 0 Å². The number of H-pyrrole nitrogens is 1. The molecule has 4 heteroatoms. The van der Waals surface area contributed by atoms with E-state index in [-0.39, 0.29) is 5.63 Å². The van der Waals surface area contributed by atoms with E-state index in [4.69, 9.17) is 9.68 Å². The average molecular weight is 314 g/mol. The van der Waals surface area contributed by atoms with Crippen molar-refractivity contribution in [2.45, 2.75) is 13.8 Å². The van der Waals surface area contributed by atoms with Gasteiger partial charge in [-0.05, 0) is 55.3 Å². The van der Waals surface area contributed by atoms with Gasteiger partial charge in [0.15, 0.2) is 0 Å². The quantitative estimate of drug-likeness (QED) is 0.528. The van der Waals surface area contributed by atoms with Gasteiger partial charge in [0.25, 0.3) is 0 Å². The van der Waals surface area contributed by atoms with E-state index in [2.05, 4.69) is 11.1 Å². The van der Waals surface area contributed by atoms with Gasteiger partial charge in [0.2, 0.25) is 0 Å². The van der Waals surface area contributed by atoms with E-state index < -0.39 is 0 Å². The Balaban J connectivity index is 1.97. The Morgan fingerprint density at radius 3 is 2.54 bits per heavy atom. The second-order valence-electron chi connectivity index (χ2n) is 5.95. The van der Waals surface area contributed by atoms with Crippen LogP contribution in [-0.2, 0) is 0 Å². The molecule has 4 nitrogen and oxygen atoms in total. The molecule has 1 N–H and O–H groups in total. The maximum absolute atomic E-state index is 12.4. The summed E-state index contributed by atoms with van der Waals surface area (Å²) in [7, 11) is 0. The lowest BCUT2D eigenvalue weighted by Gasteiger charge is -2.03. The SMILES string of the molecule is Cc1[nH]c2cc3cc(-c4ccc(C#N)cc4)c(=O)oc3cc2c1C. The molecule has 0 fully saturated rings. The molecule has 0 amide bonds. The molecule has 0 spiro atoms. The lowest BCUT2D eigenvalue weighted by atomic mass is 10.0. The van der Waals surface area contributed by atoms with Crippen molar-refractivity contribution in [2.24, 2.45) is 0 Å². The van der Waals surface area contributed by atoms with Crippen molar-refractivity contribution >= 4 is 21.9 Å². The van der Waals surface area contributed by atoms with Crippen molar-refractivity contribution in [3.8, 4) is 17.2 Å². The van der Waals surface area contributed by atoms with Crippen LogP contribution in [0.5, 0.6) is 0 Å². The van der Waals surface area contributed by atoms with Crippen LogP contribution in [0.15, 0.2) is 51.7 Å². The maximum Gasteiger partial charge on any atom is 0.344 e. The van der Waals surface area contributed by atoms with E-state index in [9.17, 15) is 4.79 Å². The van der Waals surface area contributed by atoms with E-state index in [0.29, 0.717) is 16.7 Å². The summed E-state index contributed by atoms with van der Waals surface area (Å²) in [6, 6.07) is 14.7. The van der Waals surface area contributed by atoms with Crippen molar-refractivity contribution in [2.75, 3.05) is 0 Å². The van der Waals surface area contributed by atoms with Crippen LogP contribution in [0.1, 0.15) is 16.8 Å². The van der Waals surface area contributed by atoms with Crippen molar-refractivity contribution < 1.29 is 4.42 Å². The molecule has 4 rings (SSSR count). The smallest absolute Gasteiger partial charge is 0.344 e. The summed E-state index contributed by atoms with van der Waals surface area (Å²) in [5.41, 5.74) is 5.28. The zero-order valence-electron chi connectivity index (χ0n) is 13.3. The molecule has 0 unspecified atom stereocenters. The summed E-state index contributed by atoms with van der Waals surface area (Å²) >= 11 is 0. The number of aryl methyl sites for hydroxylation is 2. The number of hydrogen-bond acceptors (Lipinski definition) is 3. The molecule has 2 aromatic heterocycles. The number of nitrogens with one attached hydrogen (secondary N) is 1. The first kappa shape index (κ1) is 14.3. The highest BCUT2D eigenvalue weighted by atomic mass is 16.4. The average Bonchev–Trinajstić information content (AvgIpc) is 2.86. The summed E-state index contributed by atoms with van der Waals surface area (Å²) < 4.78 is 5.54. The summed E-state index contributed by atoms with van der Waals surface area (Å²) in [5.74, 6) is 0. The van der Waals surface area contributed by atoms with Gasteiger partial charge < -0.3 is 9.40 Å². The Morgan fingerprint density at radius 1 is 1.08 bits per heavy atom. The normalized spacial score (nSPS) is 11.0. The van der Waals surface area contributed by atoms with Crippen LogP contribution >= 0.6 is 0 Å². The molecule has 2 aromatic carbocycles. The largest absolute Gasteiger partial charge is 0.422 e. The van der Waals surface area contributed by atoms with E-state index in [0.717, 1.165) is 33.1 Å². The molecule has 0 radical (unpaired) electrons. The maximum atomic E-state index is 12.4. The Kier molecular flexibility index (Phi) is 3.04. The third kappa shape index (κ3) is 2.10. The van der Waals surface area contributed by atoms with Gasteiger partial charge in [0.05, 0.1) is 17.2 Å². The van der Waals surface area contributed by atoms with Gasteiger partial charge in [-0.1, -0.05) is 12.1 Å². The fraction of sp³-hybridized carbons (Fsp3) is 0.100. The molecule has 24 heavy (non-hydrogen) atoms. The Bertz CT molecular complexity index is 1190. The van der Waals surface area contributed by atoms with Crippen LogP contribution in [0.4, 0.5) is 0 Å². The van der Waals surface area contributed by atoms with Crippen molar-refractivity contribution in [1.82, 2.24) is 4.98 Å². The predicted molar refractivity (Wildman–Crippen MR) is 94.0 cm³/mol. The topological polar surface area (TPSA) is 69.8 Å². The molecule has 0 atom stereocenters. The van der Waals surface area contributed by atoms with Crippen LogP contribution in [0, 0.1) is 25.2 Å². The minimum Gasteiger partial charge on any atom is -0.422 e. The molecule has 4 aromatic rings. The fourth-order valence-corrected chi connectivity index (χ4v) is 3.00. The van der Waals surface area contributed by atoms with E-state index >= 15 is 0 Å². The Labute approximate surface area is 138 Å². The summed E-state index contributed by atoms with van der Waals surface area (Å²) in [5, 5.41) is 10.8.